The van der Waals surface area contributed by atoms with Crippen molar-refractivity contribution in [2.75, 3.05) is 6.54 Å². The van der Waals surface area contributed by atoms with Gasteiger partial charge >= 0.3 is 0 Å². The molecule has 0 aliphatic carbocycles. The van der Waals surface area contributed by atoms with Crippen molar-refractivity contribution in [2.45, 2.75) is 6.54 Å². The highest BCUT2D eigenvalue weighted by atomic mass is 35.5. The maximum atomic E-state index is 5.89. The third kappa shape index (κ3) is 4.39. The highest BCUT2D eigenvalue weighted by molar-refractivity contribution is 7.80. The van der Waals surface area contributed by atoms with Crippen LogP contribution in [0.3, 0.4) is 0 Å². The summed E-state index contributed by atoms with van der Waals surface area (Å²) in [6, 6.07) is 5.48. The number of nitrogens with one attached hydrogen (secondary N) is 2. The quantitative estimate of drug-likeness (QED) is 0.652. The number of thiocarbonyl (C=S) groups is 1. The zero-order valence-corrected chi connectivity index (χ0v) is 10.9. The Morgan fingerprint density at radius 3 is 2.69 bits per heavy atom. The van der Waals surface area contributed by atoms with Crippen molar-refractivity contribution in [1.29, 1.82) is 0 Å². The van der Waals surface area contributed by atoms with E-state index in [1.54, 1.807) is 12.1 Å². The van der Waals surface area contributed by atoms with Crippen LogP contribution in [0.5, 0.6) is 0 Å². The molecule has 0 aliphatic rings. The van der Waals surface area contributed by atoms with Gasteiger partial charge in [0.2, 0.25) is 0 Å². The average Bonchev–Trinajstić information content (AvgIpc) is 2.28. The molecule has 0 heterocycles. The second-order valence-corrected chi connectivity index (χ2v) is 4.32. The Bertz CT molecular complexity index is 394. The van der Waals surface area contributed by atoms with Crippen LogP contribution < -0.4 is 10.6 Å². The minimum Gasteiger partial charge on any atom is -0.359 e. The van der Waals surface area contributed by atoms with E-state index in [-0.39, 0.29) is 0 Å². The summed E-state index contributed by atoms with van der Waals surface area (Å²) in [5.41, 5.74) is 1.03. The van der Waals surface area contributed by atoms with E-state index in [0.717, 1.165) is 5.56 Å². The van der Waals surface area contributed by atoms with E-state index in [9.17, 15) is 0 Å². The molecule has 86 valence electrons. The topological polar surface area (TPSA) is 24.1 Å². The van der Waals surface area contributed by atoms with E-state index in [1.807, 2.05) is 12.1 Å². The van der Waals surface area contributed by atoms with E-state index >= 15 is 0 Å². The van der Waals surface area contributed by atoms with Crippen LogP contribution in [0.25, 0.3) is 0 Å². The van der Waals surface area contributed by atoms with Gasteiger partial charge in [0.05, 0.1) is 10.0 Å². The molecule has 0 amide bonds. The molecule has 1 aromatic carbocycles. The summed E-state index contributed by atoms with van der Waals surface area (Å²) in [5.74, 6) is 0. The van der Waals surface area contributed by atoms with Crippen molar-refractivity contribution in [3.63, 3.8) is 0 Å². The molecule has 1 rings (SSSR count). The standard InChI is InChI=1S/C11H12Cl2N2S/c1-2-5-14-11(16)15-7-8-3-4-9(12)10(13)6-8/h2-4,6H,1,5,7H2,(H2,14,15,16). The van der Waals surface area contributed by atoms with Gasteiger partial charge in [0, 0.05) is 13.1 Å². The fourth-order valence-electron chi connectivity index (χ4n) is 1.06. The molecule has 0 aliphatic heterocycles. The van der Waals surface area contributed by atoms with Gasteiger partial charge in [0.25, 0.3) is 0 Å². The molecule has 2 N–H and O–H groups in total. The highest BCUT2D eigenvalue weighted by Crippen LogP contribution is 2.22. The number of rotatable bonds is 4. The van der Waals surface area contributed by atoms with Gasteiger partial charge in [-0.3, -0.25) is 0 Å². The summed E-state index contributed by atoms with van der Waals surface area (Å²) in [7, 11) is 0. The lowest BCUT2D eigenvalue weighted by molar-refractivity contribution is 0.873. The molecule has 0 atom stereocenters. The molecule has 0 radical (unpaired) electrons. The maximum absolute atomic E-state index is 5.89. The second-order valence-electron chi connectivity index (χ2n) is 3.10. The minimum absolute atomic E-state index is 0.547. The van der Waals surface area contributed by atoms with Crippen LogP contribution in [0.2, 0.25) is 10.0 Å². The van der Waals surface area contributed by atoms with E-state index in [1.165, 1.54) is 0 Å². The largest absolute Gasteiger partial charge is 0.359 e. The van der Waals surface area contributed by atoms with Gasteiger partial charge in [-0.1, -0.05) is 35.3 Å². The molecule has 2 nitrogen and oxygen atoms in total. The SMILES string of the molecule is C=CCNC(=S)NCc1ccc(Cl)c(Cl)c1. The van der Waals surface area contributed by atoms with Gasteiger partial charge in [-0.2, -0.15) is 0 Å². The van der Waals surface area contributed by atoms with E-state index in [0.29, 0.717) is 28.2 Å². The van der Waals surface area contributed by atoms with Gasteiger partial charge < -0.3 is 10.6 Å². The number of hydrogen-bond donors (Lipinski definition) is 2. The molecule has 0 aromatic heterocycles. The predicted molar refractivity (Wildman–Crippen MR) is 74.1 cm³/mol. The predicted octanol–water partition coefficient (Wildman–Crippen LogP) is 3.14. The zero-order chi connectivity index (χ0) is 12.0. The van der Waals surface area contributed by atoms with Gasteiger partial charge in [-0.15, -0.1) is 6.58 Å². The fraction of sp³-hybridized carbons (Fsp3) is 0.182. The third-order valence-electron chi connectivity index (χ3n) is 1.84. The fourth-order valence-corrected chi connectivity index (χ4v) is 1.54. The van der Waals surface area contributed by atoms with Crippen LogP contribution in [-0.2, 0) is 6.54 Å². The zero-order valence-electron chi connectivity index (χ0n) is 8.59. The summed E-state index contributed by atoms with van der Waals surface area (Å²) >= 11 is 16.7. The molecule has 0 unspecified atom stereocenters. The van der Waals surface area contributed by atoms with Gasteiger partial charge in [0.15, 0.2) is 5.11 Å². The first-order valence-corrected chi connectivity index (χ1v) is 5.86. The first kappa shape index (κ1) is 13.3. The van der Waals surface area contributed by atoms with Crippen LogP contribution in [0.1, 0.15) is 5.56 Å². The van der Waals surface area contributed by atoms with Crippen LogP contribution in [0.15, 0.2) is 30.9 Å². The van der Waals surface area contributed by atoms with Crippen molar-refractivity contribution in [3.8, 4) is 0 Å². The Kier molecular flexibility index (Phi) is 5.60. The van der Waals surface area contributed by atoms with E-state index in [2.05, 4.69) is 17.2 Å². The highest BCUT2D eigenvalue weighted by Gasteiger charge is 2.00. The summed E-state index contributed by atoms with van der Waals surface area (Å²) in [5, 5.41) is 7.71. The van der Waals surface area contributed by atoms with Crippen LogP contribution in [0.4, 0.5) is 0 Å². The monoisotopic (exact) mass is 274 g/mol. The number of halogens is 2. The first-order valence-electron chi connectivity index (χ1n) is 4.70. The van der Waals surface area contributed by atoms with E-state index < -0.39 is 0 Å². The Balaban J connectivity index is 2.45. The van der Waals surface area contributed by atoms with Crippen LogP contribution in [0, 0.1) is 0 Å². The average molecular weight is 275 g/mol. The molecule has 0 bridgehead atoms. The molecule has 0 saturated heterocycles. The first-order chi connectivity index (χ1) is 7.63. The Labute approximate surface area is 111 Å². The van der Waals surface area contributed by atoms with Crippen molar-refractivity contribution in [2.24, 2.45) is 0 Å². The molecule has 5 heteroatoms. The number of benzene rings is 1. The maximum Gasteiger partial charge on any atom is 0.166 e. The second kappa shape index (κ2) is 6.74. The van der Waals surface area contributed by atoms with Gasteiger partial charge in [0.1, 0.15) is 0 Å². The smallest absolute Gasteiger partial charge is 0.166 e. The molecular weight excluding hydrogens is 263 g/mol. The molecule has 0 saturated carbocycles. The van der Waals surface area contributed by atoms with Crippen molar-refractivity contribution < 1.29 is 0 Å². The Morgan fingerprint density at radius 1 is 1.31 bits per heavy atom. The number of hydrogen-bond acceptors (Lipinski definition) is 1. The lowest BCUT2D eigenvalue weighted by atomic mass is 10.2. The summed E-state index contributed by atoms with van der Waals surface area (Å²) in [6.45, 7) is 4.85. The van der Waals surface area contributed by atoms with Gasteiger partial charge in [-0.25, -0.2) is 0 Å². The van der Waals surface area contributed by atoms with Crippen molar-refractivity contribution in [3.05, 3.63) is 46.5 Å². The Hall–Kier alpha value is -0.770. The summed E-state index contributed by atoms with van der Waals surface area (Å²) < 4.78 is 0. The molecule has 0 spiro atoms. The molecule has 16 heavy (non-hydrogen) atoms. The van der Waals surface area contributed by atoms with Crippen molar-refractivity contribution >= 4 is 40.5 Å². The third-order valence-corrected chi connectivity index (χ3v) is 2.87. The lowest BCUT2D eigenvalue weighted by Crippen LogP contribution is -2.34. The summed E-state index contributed by atoms with van der Waals surface area (Å²) in [6.07, 6.45) is 1.74. The van der Waals surface area contributed by atoms with E-state index in [4.69, 9.17) is 35.4 Å². The minimum atomic E-state index is 0.547. The summed E-state index contributed by atoms with van der Waals surface area (Å²) in [4.78, 5) is 0. The molecular formula is C11H12Cl2N2S. The molecule has 0 fully saturated rings. The van der Waals surface area contributed by atoms with Crippen LogP contribution in [-0.4, -0.2) is 11.7 Å². The lowest BCUT2D eigenvalue weighted by Gasteiger charge is -2.09. The normalized spacial score (nSPS) is 9.62. The van der Waals surface area contributed by atoms with Gasteiger partial charge in [-0.05, 0) is 29.9 Å². The molecule has 1 aromatic rings. The Morgan fingerprint density at radius 2 is 2.06 bits per heavy atom. The van der Waals surface area contributed by atoms with Crippen LogP contribution >= 0.6 is 35.4 Å². The van der Waals surface area contributed by atoms with Crippen molar-refractivity contribution in [1.82, 2.24) is 10.6 Å².